The van der Waals surface area contributed by atoms with Crippen molar-refractivity contribution < 1.29 is 23.6 Å². The van der Waals surface area contributed by atoms with Crippen LogP contribution in [0.1, 0.15) is 10.4 Å². The van der Waals surface area contributed by atoms with Crippen molar-refractivity contribution in [2.24, 2.45) is 5.73 Å². The van der Waals surface area contributed by atoms with Gasteiger partial charge >= 0.3 is 0 Å². The maximum Gasteiger partial charge on any atom is 0.272 e. The van der Waals surface area contributed by atoms with Crippen molar-refractivity contribution in [1.82, 2.24) is 5.32 Å². The average Bonchev–Trinajstić information content (AvgIpc) is 2.54. The highest BCUT2D eigenvalue weighted by Crippen LogP contribution is 2.27. The predicted molar refractivity (Wildman–Crippen MR) is 81.1 cm³/mol. The summed E-state index contributed by atoms with van der Waals surface area (Å²) in [6.07, 6.45) is 0. The van der Waals surface area contributed by atoms with Crippen LogP contribution in [0.25, 0.3) is 0 Å². The molecule has 0 aliphatic heterocycles. The van der Waals surface area contributed by atoms with Crippen molar-refractivity contribution in [2.45, 2.75) is 0 Å². The summed E-state index contributed by atoms with van der Waals surface area (Å²) in [5, 5.41) is 12.9. The lowest BCUT2D eigenvalue weighted by Gasteiger charge is -2.08. The molecule has 124 valence electrons. The summed E-state index contributed by atoms with van der Waals surface area (Å²) in [6, 6.07) is 8.73. The summed E-state index contributed by atoms with van der Waals surface area (Å²) in [7, 11) is 0. The molecular formula is C15H12FN3O5. The summed E-state index contributed by atoms with van der Waals surface area (Å²) in [5.74, 6) is -2.23. The number of primary amides is 1. The highest BCUT2D eigenvalue weighted by molar-refractivity contribution is 5.96. The third-order valence-corrected chi connectivity index (χ3v) is 2.87. The van der Waals surface area contributed by atoms with E-state index in [1.807, 2.05) is 0 Å². The van der Waals surface area contributed by atoms with E-state index in [0.717, 1.165) is 18.2 Å². The first-order chi connectivity index (χ1) is 11.4. The molecule has 2 amide bonds. The van der Waals surface area contributed by atoms with Crippen molar-refractivity contribution in [2.75, 3.05) is 6.54 Å². The van der Waals surface area contributed by atoms with Crippen LogP contribution >= 0.6 is 0 Å². The van der Waals surface area contributed by atoms with E-state index in [9.17, 15) is 24.1 Å². The summed E-state index contributed by atoms with van der Waals surface area (Å²) in [4.78, 5) is 32.3. The number of nitrogens with one attached hydrogen (secondary N) is 1. The fourth-order valence-corrected chi connectivity index (χ4v) is 1.78. The second kappa shape index (κ2) is 7.18. The number of ether oxygens (including phenoxy) is 1. The zero-order valence-electron chi connectivity index (χ0n) is 12.2. The lowest BCUT2D eigenvalue weighted by molar-refractivity contribution is -0.385. The number of non-ortho nitro benzene ring substituents is 1. The van der Waals surface area contributed by atoms with Crippen LogP contribution in [0.2, 0.25) is 0 Å². The summed E-state index contributed by atoms with van der Waals surface area (Å²) in [5.41, 5.74) is 4.71. The molecule has 0 aromatic heterocycles. The number of benzene rings is 2. The number of nitro groups is 1. The number of carbonyl (C=O) groups is 2. The van der Waals surface area contributed by atoms with E-state index in [2.05, 4.69) is 5.32 Å². The molecular weight excluding hydrogens is 321 g/mol. The maximum atomic E-state index is 13.8. The number of rotatable bonds is 6. The molecule has 0 heterocycles. The number of hydrogen-bond donors (Lipinski definition) is 2. The molecule has 2 rings (SSSR count). The third-order valence-electron chi connectivity index (χ3n) is 2.87. The molecule has 9 heteroatoms. The number of carbonyl (C=O) groups excluding carboxylic acids is 2. The van der Waals surface area contributed by atoms with Gasteiger partial charge in [-0.05, 0) is 24.3 Å². The minimum absolute atomic E-state index is 0.148. The lowest BCUT2D eigenvalue weighted by Crippen LogP contribution is -2.33. The number of nitrogens with two attached hydrogens (primary N) is 1. The molecule has 0 saturated carbocycles. The first-order valence-electron chi connectivity index (χ1n) is 6.65. The Kier molecular flexibility index (Phi) is 5.05. The zero-order valence-corrected chi connectivity index (χ0v) is 12.2. The van der Waals surface area contributed by atoms with E-state index < -0.39 is 28.2 Å². The number of hydrogen-bond acceptors (Lipinski definition) is 5. The van der Waals surface area contributed by atoms with Crippen LogP contribution in [0.15, 0.2) is 42.5 Å². The van der Waals surface area contributed by atoms with Gasteiger partial charge in [-0.2, -0.15) is 0 Å². The maximum absolute atomic E-state index is 13.8. The molecule has 0 aliphatic rings. The van der Waals surface area contributed by atoms with Crippen molar-refractivity contribution in [3.05, 3.63) is 64.0 Å². The fraction of sp³-hybridized carbons (Fsp3) is 0.0667. The summed E-state index contributed by atoms with van der Waals surface area (Å²) < 4.78 is 19.1. The Hall–Kier alpha value is -3.49. The van der Waals surface area contributed by atoms with Crippen LogP contribution in [-0.2, 0) is 4.79 Å². The first-order valence-corrected chi connectivity index (χ1v) is 6.65. The van der Waals surface area contributed by atoms with Gasteiger partial charge in [-0.15, -0.1) is 0 Å². The Morgan fingerprint density at radius 2 is 2.00 bits per heavy atom. The van der Waals surface area contributed by atoms with Gasteiger partial charge in [0.1, 0.15) is 5.75 Å². The Bertz CT molecular complexity index is 809. The SMILES string of the molecule is NC(=O)CNC(=O)c1cccc(Oc2ccc([N+](=O)[O-])cc2F)c1. The van der Waals surface area contributed by atoms with Crippen molar-refractivity contribution in [3.8, 4) is 11.5 Å². The number of halogens is 1. The van der Waals surface area contributed by atoms with Gasteiger partial charge in [0.2, 0.25) is 5.91 Å². The highest BCUT2D eigenvalue weighted by atomic mass is 19.1. The van der Waals surface area contributed by atoms with E-state index >= 15 is 0 Å². The Balaban J connectivity index is 2.16. The van der Waals surface area contributed by atoms with Gasteiger partial charge < -0.3 is 15.8 Å². The number of nitro benzene ring substituents is 1. The molecule has 0 unspecified atom stereocenters. The number of nitrogens with zero attached hydrogens (tertiary/aromatic N) is 1. The molecule has 0 bridgehead atoms. The second-order valence-corrected chi connectivity index (χ2v) is 4.65. The summed E-state index contributed by atoms with van der Waals surface area (Å²) in [6.45, 7) is -0.319. The third kappa shape index (κ3) is 4.26. The van der Waals surface area contributed by atoms with Gasteiger partial charge in [0.15, 0.2) is 11.6 Å². The average molecular weight is 333 g/mol. The lowest BCUT2D eigenvalue weighted by atomic mass is 10.2. The molecule has 2 aromatic rings. The molecule has 8 nitrogen and oxygen atoms in total. The van der Waals surface area contributed by atoms with E-state index in [4.69, 9.17) is 10.5 Å². The highest BCUT2D eigenvalue weighted by Gasteiger charge is 2.13. The topological polar surface area (TPSA) is 125 Å². The molecule has 0 aliphatic carbocycles. The van der Waals surface area contributed by atoms with E-state index in [-0.39, 0.29) is 23.6 Å². The Labute approximate surface area is 135 Å². The van der Waals surface area contributed by atoms with Crippen LogP contribution in [0, 0.1) is 15.9 Å². The van der Waals surface area contributed by atoms with Crippen molar-refractivity contribution in [1.29, 1.82) is 0 Å². The number of amides is 2. The smallest absolute Gasteiger partial charge is 0.272 e. The van der Waals surface area contributed by atoms with Gasteiger partial charge in [0, 0.05) is 11.6 Å². The van der Waals surface area contributed by atoms with Gasteiger partial charge in [0.05, 0.1) is 17.5 Å². The van der Waals surface area contributed by atoms with Gasteiger partial charge in [-0.25, -0.2) is 4.39 Å². The minimum Gasteiger partial charge on any atom is -0.454 e. The standard InChI is InChI=1S/C15H12FN3O5/c16-12-7-10(19(22)23)4-5-13(12)24-11-3-1-2-9(6-11)15(21)18-8-14(17)20/h1-7H,8H2,(H2,17,20)(H,18,21). The first kappa shape index (κ1) is 16.9. The van der Waals surface area contributed by atoms with Gasteiger partial charge in [-0.1, -0.05) is 6.07 Å². The molecule has 0 atom stereocenters. The van der Waals surface area contributed by atoms with E-state index in [1.54, 1.807) is 0 Å². The predicted octanol–water partition coefficient (Wildman–Crippen LogP) is 1.74. The molecule has 2 aromatic carbocycles. The largest absolute Gasteiger partial charge is 0.454 e. The molecule has 3 N–H and O–H groups in total. The van der Waals surface area contributed by atoms with E-state index in [1.165, 1.54) is 24.3 Å². The second-order valence-electron chi connectivity index (χ2n) is 4.65. The van der Waals surface area contributed by atoms with E-state index in [0.29, 0.717) is 0 Å². The normalized spacial score (nSPS) is 10.0. The van der Waals surface area contributed by atoms with Crippen molar-refractivity contribution in [3.63, 3.8) is 0 Å². The fourth-order valence-electron chi connectivity index (χ4n) is 1.78. The monoisotopic (exact) mass is 333 g/mol. The van der Waals surface area contributed by atoms with Gasteiger partial charge in [0.25, 0.3) is 11.6 Å². The van der Waals surface area contributed by atoms with Crippen LogP contribution in [0.4, 0.5) is 10.1 Å². The quantitative estimate of drug-likeness (QED) is 0.615. The molecule has 0 saturated heterocycles. The zero-order chi connectivity index (χ0) is 17.7. The molecule has 24 heavy (non-hydrogen) atoms. The Morgan fingerprint density at radius 3 is 2.62 bits per heavy atom. The molecule has 0 radical (unpaired) electrons. The van der Waals surface area contributed by atoms with Crippen molar-refractivity contribution >= 4 is 17.5 Å². The van der Waals surface area contributed by atoms with Crippen LogP contribution in [0.5, 0.6) is 11.5 Å². The van der Waals surface area contributed by atoms with Crippen LogP contribution < -0.4 is 15.8 Å². The summed E-state index contributed by atoms with van der Waals surface area (Å²) >= 11 is 0. The molecule has 0 fully saturated rings. The molecule has 0 spiro atoms. The van der Waals surface area contributed by atoms with Crippen LogP contribution in [-0.4, -0.2) is 23.3 Å². The Morgan fingerprint density at radius 1 is 1.25 bits per heavy atom. The minimum atomic E-state index is -0.909. The van der Waals surface area contributed by atoms with Crippen LogP contribution in [0.3, 0.4) is 0 Å². The van der Waals surface area contributed by atoms with Gasteiger partial charge in [-0.3, -0.25) is 19.7 Å².